The monoisotopic (exact) mass is 325 g/mol. The number of benzene rings is 1. The second-order valence-electron chi connectivity index (χ2n) is 6.76. The maximum atomic E-state index is 14.8. The number of fused-ring (bicyclic) bond motifs is 2. The van der Waals surface area contributed by atoms with Gasteiger partial charge >= 0.3 is 0 Å². The van der Waals surface area contributed by atoms with Gasteiger partial charge in [-0.15, -0.1) is 5.73 Å². The molecule has 0 spiro atoms. The zero-order valence-corrected chi connectivity index (χ0v) is 13.7. The smallest absolute Gasteiger partial charge is 0.134 e. The molecular weight excluding hydrogens is 304 g/mol. The average Bonchev–Trinajstić information content (AvgIpc) is 3.37. The Kier molecular flexibility index (Phi) is 3.99. The van der Waals surface area contributed by atoms with Crippen LogP contribution in [0.3, 0.4) is 0 Å². The summed E-state index contributed by atoms with van der Waals surface area (Å²) in [6.45, 7) is 5.69. The maximum Gasteiger partial charge on any atom is 0.134 e. The minimum atomic E-state index is -0.471. The van der Waals surface area contributed by atoms with E-state index in [2.05, 4.69) is 17.6 Å². The lowest BCUT2D eigenvalue weighted by atomic mass is 9.84. The molecule has 124 valence electrons. The van der Waals surface area contributed by atoms with Gasteiger partial charge in [0.05, 0.1) is 0 Å². The minimum Gasteiger partial charge on any atom is -0.316 e. The fourth-order valence-electron chi connectivity index (χ4n) is 3.96. The van der Waals surface area contributed by atoms with Crippen molar-refractivity contribution in [1.29, 1.82) is 0 Å². The van der Waals surface area contributed by atoms with Crippen molar-refractivity contribution in [3.63, 3.8) is 0 Å². The van der Waals surface area contributed by atoms with E-state index in [0.29, 0.717) is 17.5 Å². The number of nitrogens with one attached hydrogen (secondary N) is 1. The zero-order chi connectivity index (χ0) is 16.7. The van der Waals surface area contributed by atoms with Crippen molar-refractivity contribution in [1.82, 2.24) is 5.32 Å². The molecular formula is C21H21F2N. The van der Waals surface area contributed by atoms with Crippen LogP contribution in [0.4, 0.5) is 8.78 Å². The van der Waals surface area contributed by atoms with Crippen molar-refractivity contribution >= 4 is 5.57 Å². The van der Waals surface area contributed by atoms with Gasteiger partial charge in [0.25, 0.3) is 0 Å². The molecule has 0 atom stereocenters. The Morgan fingerprint density at radius 3 is 2.71 bits per heavy atom. The summed E-state index contributed by atoms with van der Waals surface area (Å²) in [5, 5.41) is 3.38. The van der Waals surface area contributed by atoms with E-state index in [-0.39, 0.29) is 5.92 Å². The second kappa shape index (κ2) is 6.16. The topological polar surface area (TPSA) is 12.0 Å². The van der Waals surface area contributed by atoms with Crippen LogP contribution in [0.25, 0.3) is 5.57 Å². The van der Waals surface area contributed by atoms with Crippen molar-refractivity contribution in [2.24, 2.45) is 0 Å². The molecule has 0 amide bonds. The van der Waals surface area contributed by atoms with E-state index in [1.807, 2.05) is 6.08 Å². The molecule has 1 aromatic carbocycles. The third-order valence-electron chi connectivity index (χ3n) is 5.21. The van der Waals surface area contributed by atoms with E-state index in [9.17, 15) is 8.78 Å². The summed E-state index contributed by atoms with van der Waals surface area (Å²) in [6, 6.07) is 1.07. The van der Waals surface area contributed by atoms with Crippen LogP contribution in [0.1, 0.15) is 48.3 Å². The number of allylic oxidation sites excluding steroid dienone is 2. The van der Waals surface area contributed by atoms with Gasteiger partial charge in [-0.25, -0.2) is 8.78 Å². The van der Waals surface area contributed by atoms with Crippen LogP contribution in [0.2, 0.25) is 0 Å². The number of hydrogen-bond donors (Lipinski definition) is 1. The Morgan fingerprint density at radius 2 is 1.96 bits per heavy atom. The molecule has 4 rings (SSSR count). The molecule has 0 aromatic heterocycles. The second-order valence-corrected chi connectivity index (χ2v) is 6.76. The molecule has 24 heavy (non-hydrogen) atoms. The molecule has 0 bridgehead atoms. The van der Waals surface area contributed by atoms with Gasteiger partial charge in [-0.05, 0) is 85.0 Å². The van der Waals surface area contributed by atoms with Crippen LogP contribution in [0, 0.1) is 11.6 Å². The molecule has 0 radical (unpaired) electrons. The lowest BCUT2D eigenvalue weighted by Gasteiger charge is -2.21. The van der Waals surface area contributed by atoms with E-state index in [1.54, 1.807) is 6.08 Å². The third-order valence-corrected chi connectivity index (χ3v) is 5.21. The summed E-state index contributed by atoms with van der Waals surface area (Å²) in [5.74, 6) is -0.633. The van der Waals surface area contributed by atoms with Crippen molar-refractivity contribution in [2.75, 3.05) is 13.1 Å². The van der Waals surface area contributed by atoms with Crippen molar-refractivity contribution < 1.29 is 8.78 Å². The highest BCUT2D eigenvalue weighted by molar-refractivity contribution is 5.82. The van der Waals surface area contributed by atoms with Gasteiger partial charge in [0, 0.05) is 11.6 Å². The normalized spacial score (nSPS) is 20.5. The highest BCUT2D eigenvalue weighted by Gasteiger charge is 2.32. The lowest BCUT2D eigenvalue weighted by molar-refractivity contribution is 0.566. The first kappa shape index (κ1) is 15.6. The van der Waals surface area contributed by atoms with Gasteiger partial charge in [-0.2, -0.15) is 0 Å². The minimum absolute atomic E-state index is 0.238. The Labute approximate surface area is 141 Å². The van der Waals surface area contributed by atoms with Crippen LogP contribution < -0.4 is 5.32 Å². The van der Waals surface area contributed by atoms with Gasteiger partial charge in [-0.3, -0.25) is 0 Å². The van der Waals surface area contributed by atoms with Crippen LogP contribution >= 0.6 is 0 Å². The zero-order valence-electron chi connectivity index (χ0n) is 13.7. The van der Waals surface area contributed by atoms with Crippen molar-refractivity contribution in [3.05, 3.63) is 70.0 Å². The molecule has 1 N–H and O–H groups in total. The van der Waals surface area contributed by atoms with Gasteiger partial charge in [0.1, 0.15) is 11.6 Å². The summed E-state index contributed by atoms with van der Waals surface area (Å²) in [5.41, 5.74) is 8.49. The van der Waals surface area contributed by atoms with Gasteiger partial charge in [0.15, 0.2) is 0 Å². The largest absolute Gasteiger partial charge is 0.316 e. The number of halogens is 2. The van der Waals surface area contributed by atoms with Gasteiger partial charge < -0.3 is 5.32 Å². The van der Waals surface area contributed by atoms with Gasteiger partial charge in [-0.1, -0.05) is 12.7 Å². The molecule has 3 heteroatoms. The van der Waals surface area contributed by atoms with Crippen LogP contribution in [-0.2, 0) is 6.42 Å². The standard InChI is InChI=1S/C21H21F2N/c1-2-15-16-9-11-24-10-8-13(16)4-3-5-17-20(14-6-7-14)18(22)12-19(23)21(15)17/h2-3,12,14,24H,1,5-11H2. The Balaban J connectivity index is 2.02. The van der Waals surface area contributed by atoms with Crippen LogP contribution in [-0.4, -0.2) is 13.1 Å². The Bertz CT molecular complexity index is 806. The summed E-state index contributed by atoms with van der Waals surface area (Å²) in [6.07, 6.45) is 7.88. The van der Waals surface area contributed by atoms with Crippen molar-refractivity contribution in [2.45, 2.75) is 38.0 Å². The number of hydrogen-bond acceptors (Lipinski definition) is 1. The van der Waals surface area contributed by atoms with E-state index in [0.717, 1.165) is 67.1 Å². The highest BCUT2D eigenvalue weighted by Crippen LogP contribution is 2.46. The van der Waals surface area contributed by atoms with E-state index in [4.69, 9.17) is 0 Å². The maximum absolute atomic E-state index is 14.8. The molecule has 2 aliphatic carbocycles. The Morgan fingerprint density at radius 1 is 1.17 bits per heavy atom. The molecule has 1 aliphatic heterocycles. The summed E-state index contributed by atoms with van der Waals surface area (Å²) >= 11 is 0. The summed E-state index contributed by atoms with van der Waals surface area (Å²) in [4.78, 5) is 0. The quantitative estimate of drug-likeness (QED) is 0.770. The van der Waals surface area contributed by atoms with Crippen LogP contribution in [0.15, 0.2) is 41.7 Å². The predicted molar refractivity (Wildman–Crippen MR) is 92.9 cm³/mol. The van der Waals surface area contributed by atoms with Crippen molar-refractivity contribution in [3.8, 4) is 0 Å². The SMILES string of the molecule is C=CC1=C2CCNCCC2=C=CCc2c1c(F)cc(F)c2C1CC1. The lowest BCUT2D eigenvalue weighted by Crippen LogP contribution is -2.13. The molecule has 2 fully saturated rings. The first-order chi connectivity index (χ1) is 11.7. The number of rotatable bonds is 2. The first-order valence-corrected chi connectivity index (χ1v) is 8.72. The predicted octanol–water partition coefficient (Wildman–Crippen LogP) is 4.80. The summed E-state index contributed by atoms with van der Waals surface area (Å²) in [7, 11) is 0. The average molecular weight is 325 g/mol. The fourth-order valence-corrected chi connectivity index (χ4v) is 3.96. The first-order valence-electron chi connectivity index (χ1n) is 8.72. The van der Waals surface area contributed by atoms with E-state index in [1.165, 1.54) is 0 Å². The molecule has 1 saturated heterocycles. The molecule has 1 nitrogen and oxygen atoms in total. The van der Waals surface area contributed by atoms with Gasteiger partial charge in [0.2, 0.25) is 0 Å². The van der Waals surface area contributed by atoms with E-state index < -0.39 is 11.6 Å². The molecule has 1 saturated carbocycles. The highest BCUT2D eigenvalue weighted by atomic mass is 19.1. The summed E-state index contributed by atoms with van der Waals surface area (Å²) < 4.78 is 29.3. The Hall–Kier alpha value is -1.96. The molecule has 3 aliphatic rings. The van der Waals surface area contributed by atoms with E-state index >= 15 is 0 Å². The molecule has 0 unspecified atom stereocenters. The molecule has 1 heterocycles. The third kappa shape index (κ3) is 2.58. The molecule has 1 aromatic rings. The fraction of sp³-hybridized carbons (Fsp3) is 0.381. The van der Waals surface area contributed by atoms with Crippen LogP contribution in [0.5, 0.6) is 0 Å².